The molecule has 92 valence electrons. The van der Waals surface area contributed by atoms with E-state index >= 15 is 0 Å². The minimum Gasteiger partial charge on any atom is -0.469 e. The van der Waals surface area contributed by atoms with E-state index in [9.17, 15) is 19.8 Å². The maximum Gasteiger partial charge on any atom is 2.00 e. The first-order valence-electron chi connectivity index (χ1n) is 3.97. The van der Waals surface area contributed by atoms with E-state index in [1.165, 1.54) is 12.2 Å². The third-order valence-electron chi connectivity index (χ3n) is 0.766. The van der Waals surface area contributed by atoms with Crippen LogP contribution in [0.1, 0.15) is 0 Å². The number of rotatable bonds is 6. The van der Waals surface area contributed by atoms with Gasteiger partial charge in [-0.3, -0.25) is 0 Å². The van der Waals surface area contributed by atoms with E-state index in [-0.39, 0.29) is 50.8 Å². The second-order valence-corrected chi connectivity index (χ2v) is 1.98. The van der Waals surface area contributed by atoms with Gasteiger partial charge in [0.15, 0.2) is 0 Å². The normalized spacial score (nSPS) is 7.53. The first-order chi connectivity index (χ1) is 7.54. The van der Waals surface area contributed by atoms with Crippen LogP contribution < -0.4 is 21.2 Å². The minimum absolute atomic E-state index is 0. The Labute approximate surface area is 128 Å². The minimum atomic E-state index is -1.59. The van der Waals surface area contributed by atoms with Crippen molar-refractivity contribution in [2.45, 2.75) is 0 Å². The monoisotopic (exact) mass is 272 g/mol. The van der Waals surface area contributed by atoms with Crippen molar-refractivity contribution in [3.63, 3.8) is 0 Å². The van der Waals surface area contributed by atoms with Crippen molar-refractivity contribution in [1.82, 2.24) is 11.0 Å². The van der Waals surface area contributed by atoms with Crippen molar-refractivity contribution in [3.8, 4) is 0 Å². The molecule has 0 unspecified atom stereocenters. The van der Waals surface area contributed by atoms with E-state index < -0.39 is 12.3 Å². The van der Waals surface area contributed by atoms with Gasteiger partial charge in [0.05, 0.1) is 0 Å². The molecule has 0 aliphatic heterocycles. The fraction of sp³-hybridized carbons (Fsp3) is 0.250. The molecule has 0 atom stereocenters. The summed E-state index contributed by atoms with van der Waals surface area (Å²) < 4.78 is 0. The van der Waals surface area contributed by atoms with Crippen molar-refractivity contribution in [2.75, 3.05) is 13.1 Å². The molecule has 0 saturated heterocycles. The van der Waals surface area contributed by atoms with E-state index in [1.54, 1.807) is 0 Å². The molecule has 0 rings (SSSR count). The molecular formula is C8H12CaN2O6. The van der Waals surface area contributed by atoms with Crippen LogP contribution >= 0.6 is 0 Å². The van der Waals surface area contributed by atoms with Gasteiger partial charge in [0.25, 0.3) is 12.3 Å². The smallest absolute Gasteiger partial charge is 0.469 e. The molecule has 2 N–H and O–H groups in total. The van der Waals surface area contributed by atoms with Crippen LogP contribution in [0.5, 0.6) is 0 Å². The molecule has 0 aromatic carbocycles. The zero-order valence-corrected chi connectivity index (χ0v) is 11.3. The second-order valence-electron chi connectivity index (χ2n) is 1.98. The van der Waals surface area contributed by atoms with Gasteiger partial charge >= 0.3 is 37.7 Å². The van der Waals surface area contributed by atoms with Gasteiger partial charge in [0, 0.05) is 13.1 Å². The van der Waals surface area contributed by atoms with E-state index in [0.29, 0.717) is 0 Å². The number of carbonyl (C=O) groups excluding carboxylic acids is 2. The average molecular weight is 272 g/mol. The Morgan fingerprint density at radius 3 is 1.47 bits per heavy atom. The molecule has 0 aromatic heterocycles. The average Bonchev–Trinajstić information content (AvgIpc) is 2.18. The summed E-state index contributed by atoms with van der Waals surface area (Å²) in [7, 11) is 0. The van der Waals surface area contributed by atoms with Gasteiger partial charge in [0.2, 0.25) is 0 Å². The Kier molecular flexibility index (Phi) is 22.2. The summed E-state index contributed by atoms with van der Waals surface area (Å²) in [6.07, 6.45) is -0.259. The molecule has 0 aromatic rings. The Morgan fingerprint density at radius 2 is 1.29 bits per heavy atom. The molecule has 0 bridgehead atoms. The van der Waals surface area contributed by atoms with Crippen LogP contribution in [0.3, 0.4) is 0 Å². The molecule has 0 heterocycles. The zero-order chi connectivity index (χ0) is 12.8. The summed E-state index contributed by atoms with van der Waals surface area (Å²) >= 11 is 0. The van der Waals surface area contributed by atoms with Crippen molar-refractivity contribution in [2.24, 2.45) is 0 Å². The van der Waals surface area contributed by atoms with Crippen LogP contribution in [-0.4, -0.2) is 63.1 Å². The van der Waals surface area contributed by atoms with E-state index in [0.717, 1.165) is 0 Å². The number of carboxylic acid groups (broad SMARTS) is 2. The molecule has 9 heteroatoms. The summed E-state index contributed by atoms with van der Waals surface area (Å²) in [5.74, 6) is 0. The Hall–Kier alpha value is -0.800. The van der Waals surface area contributed by atoms with Gasteiger partial charge in [-0.25, -0.2) is 11.0 Å². The number of hydrogen-bond acceptors (Lipinski definition) is 8. The predicted octanol–water partition coefficient (Wildman–Crippen LogP) is -2.31. The fourth-order valence-electron chi connectivity index (χ4n) is 0.319. The summed E-state index contributed by atoms with van der Waals surface area (Å²) in [5, 5.41) is 18.9. The summed E-state index contributed by atoms with van der Waals surface area (Å²) in [6.45, 7) is 7.17. The van der Waals surface area contributed by atoms with Gasteiger partial charge in [-0.15, -0.1) is 13.2 Å². The molecule has 0 aliphatic rings. The number of carbonyl (C=O) groups is 2. The van der Waals surface area contributed by atoms with Crippen LogP contribution in [0.15, 0.2) is 25.3 Å². The first-order valence-corrected chi connectivity index (χ1v) is 3.97. The quantitative estimate of drug-likeness (QED) is 0.239. The Morgan fingerprint density at radius 1 is 1.00 bits per heavy atom. The Balaban J connectivity index is -0.000000218. The van der Waals surface area contributed by atoms with E-state index in [2.05, 4.69) is 33.8 Å². The van der Waals surface area contributed by atoms with Crippen LogP contribution in [0.2, 0.25) is 0 Å². The van der Waals surface area contributed by atoms with Crippen LogP contribution in [-0.2, 0) is 9.68 Å². The summed E-state index contributed by atoms with van der Waals surface area (Å²) in [6, 6.07) is 0. The standard InChI is InChI=1S/2C4H7NO3.Ca/c2*1-2-3-5-8-4(6)7;/h2*2,5H,1,3H2,(H,6,7);/q;;+2/p-2. The third kappa shape index (κ3) is 31.3. The van der Waals surface area contributed by atoms with Crippen LogP contribution in [0.4, 0.5) is 9.59 Å². The molecular weight excluding hydrogens is 260 g/mol. The van der Waals surface area contributed by atoms with Crippen molar-refractivity contribution in [3.05, 3.63) is 25.3 Å². The molecule has 0 amide bonds. The number of hydrogen-bond donors (Lipinski definition) is 2. The van der Waals surface area contributed by atoms with Gasteiger partial charge in [0.1, 0.15) is 0 Å². The molecule has 0 saturated carbocycles. The van der Waals surface area contributed by atoms with E-state index in [4.69, 9.17) is 0 Å². The molecule has 17 heavy (non-hydrogen) atoms. The van der Waals surface area contributed by atoms with Crippen molar-refractivity contribution in [1.29, 1.82) is 0 Å². The largest absolute Gasteiger partial charge is 2.00 e. The van der Waals surface area contributed by atoms with Gasteiger partial charge in [-0.2, -0.15) is 0 Å². The molecule has 0 aliphatic carbocycles. The zero-order valence-electron chi connectivity index (χ0n) is 9.14. The van der Waals surface area contributed by atoms with Gasteiger partial charge in [-0.1, -0.05) is 12.2 Å². The molecule has 0 spiro atoms. The Bertz CT molecular complexity index is 212. The maximum absolute atomic E-state index is 9.44. The van der Waals surface area contributed by atoms with Gasteiger partial charge in [-0.05, 0) is 0 Å². The summed E-state index contributed by atoms with van der Waals surface area (Å²) in [5.41, 5.74) is 4.11. The summed E-state index contributed by atoms with van der Waals surface area (Å²) in [4.78, 5) is 26.4. The van der Waals surface area contributed by atoms with Crippen LogP contribution in [0.25, 0.3) is 0 Å². The molecule has 0 fully saturated rings. The SMILES string of the molecule is C=CCNOC(=O)[O-].C=CCNOC(=O)[O-].[Ca+2]. The molecule has 8 nitrogen and oxygen atoms in total. The van der Waals surface area contributed by atoms with Crippen molar-refractivity contribution >= 4 is 50.0 Å². The van der Waals surface area contributed by atoms with Crippen molar-refractivity contribution < 1.29 is 29.5 Å². The maximum atomic E-state index is 9.44. The molecule has 0 radical (unpaired) electrons. The number of nitrogens with one attached hydrogen (secondary N) is 2. The van der Waals surface area contributed by atoms with E-state index in [1.807, 2.05) is 0 Å². The van der Waals surface area contributed by atoms with Crippen LogP contribution in [0, 0.1) is 0 Å². The fourth-order valence-corrected chi connectivity index (χ4v) is 0.319. The topological polar surface area (TPSA) is 123 Å². The number of hydroxylamine groups is 2. The first kappa shape index (κ1) is 21.5. The third-order valence-corrected chi connectivity index (χ3v) is 0.766. The second kappa shape index (κ2) is 17.6. The predicted molar refractivity (Wildman–Crippen MR) is 55.1 cm³/mol. The van der Waals surface area contributed by atoms with Gasteiger partial charge < -0.3 is 29.5 Å².